The van der Waals surface area contributed by atoms with Crippen LogP contribution in [0, 0.1) is 0 Å². The topological polar surface area (TPSA) is 55.1 Å². The van der Waals surface area contributed by atoms with Crippen LogP contribution in [0.3, 0.4) is 0 Å². The van der Waals surface area contributed by atoms with E-state index in [9.17, 15) is 9.90 Å². The zero-order valence-electron chi connectivity index (χ0n) is 13.0. The Bertz CT molecular complexity index is 951. The smallest absolute Gasteiger partial charge is 0.349 e. The molecule has 5 heteroatoms. The minimum atomic E-state index is -0.207. The Labute approximate surface area is 143 Å². The third-order valence-corrected chi connectivity index (χ3v) is 5.17. The molecule has 2 aromatic carbocycles. The molecule has 3 aromatic rings. The highest BCUT2D eigenvalue weighted by Gasteiger charge is 2.19. The zero-order valence-corrected chi connectivity index (χ0v) is 13.8. The van der Waals surface area contributed by atoms with E-state index in [-0.39, 0.29) is 11.4 Å². The van der Waals surface area contributed by atoms with E-state index in [0.717, 1.165) is 34.0 Å². The molecule has 0 atom stereocenters. The zero-order chi connectivity index (χ0) is 16.5. The van der Waals surface area contributed by atoms with Gasteiger partial charge in [-0.2, -0.15) is 4.98 Å². The average molecular weight is 336 g/mol. The molecule has 1 N–H and O–H groups in total. The van der Waals surface area contributed by atoms with Crippen molar-refractivity contribution in [2.45, 2.75) is 23.7 Å². The number of aromatic hydroxyl groups is 1. The number of thioether (sulfide) groups is 1. The Balaban J connectivity index is 1.70. The fourth-order valence-corrected chi connectivity index (χ4v) is 3.84. The molecule has 120 valence electrons. The highest BCUT2D eigenvalue weighted by molar-refractivity contribution is 7.98. The predicted molar refractivity (Wildman–Crippen MR) is 95.3 cm³/mol. The maximum atomic E-state index is 12.4. The Morgan fingerprint density at radius 3 is 2.79 bits per heavy atom. The first kappa shape index (κ1) is 15.0. The summed E-state index contributed by atoms with van der Waals surface area (Å²) in [5, 5.41) is 10.4. The molecule has 0 saturated heterocycles. The first-order valence-corrected chi connectivity index (χ1v) is 8.80. The molecule has 0 amide bonds. The van der Waals surface area contributed by atoms with Gasteiger partial charge in [-0.3, -0.25) is 4.57 Å². The number of hydrogen-bond donors (Lipinski definition) is 1. The summed E-state index contributed by atoms with van der Waals surface area (Å²) in [6.07, 6.45) is 0.731. The van der Waals surface area contributed by atoms with E-state index in [1.54, 1.807) is 28.5 Å². The third kappa shape index (κ3) is 2.83. The number of phenolic OH excluding ortho intramolecular Hbond substituents is 1. The van der Waals surface area contributed by atoms with Crippen molar-refractivity contribution in [3.63, 3.8) is 0 Å². The van der Waals surface area contributed by atoms with Crippen molar-refractivity contribution >= 4 is 11.8 Å². The van der Waals surface area contributed by atoms with Gasteiger partial charge in [-0.15, -0.1) is 11.8 Å². The van der Waals surface area contributed by atoms with E-state index in [4.69, 9.17) is 0 Å². The minimum Gasteiger partial charge on any atom is -0.508 e. The molecule has 1 aliphatic heterocycles. The van der Waals surface area contributed by atoms with E-state index >= 15 is 0 Å². The van der Waals surface area contributed by atoms with Crippen molar-refractivity contribution in [1.29, 1.82) is 0 Å². The second-order valence-corrected chi connectivity index (χ2v) is 6.78. The maximum absolute atomic E-state index is 12.4. The van der Waals surface area contributed by atoms with Gasteiger partial charge in [0.1, 0.15) is 10.8 Å². The van der Waals surface area contributed by atoms with Gasteiger partial charge in [-0.05, 0) is 41.8 Å². The van der Waals surface area contributed by atoms with Crippen LogP contribution in [0.2, 0.25) is 0 Å². The lowest BCUT2D eigenvalue weighted by atomic mass is 9.98. The van der Waals surface area contributed by atoms with Crippen molar-refractivity contribution in [2.75, 3.05) is 0 Å². The molecule has 0 saturated carbocycles. The molecular weight excluding hydrogens is 320 g/mol. The van der Waals surface area contributed by atoms with Crippen LogP contribution in [0.15, 0.2) is 64.4 Å². The summed E-state index contributed by atoms with van der Waals surface area (Å²) in [5.74, 6) is 1.04. The van der Waals surface area contributed by atoms with E-state index in [1.165, 1.54) is 5.56 Å². The van der Waals surface area contributed by atoms with Gasteiger partial charge in [0.2, 0.25) is 0 Å². The molecular formula is C19H16N2O2S. The molecule has 4 nitrogen and oxygen atoms in total. The van der Waals surface area contributed by atoms with Gasteiger partial charge < -0.3 is 5.11 Å². The Kier molecular flexibility index (Phi) is 3.86. The largest absolute Gasteiger partial charge is 0.508 e. The summed E-state index contributed by atoms with van der Waals surface area (Å²) >= 11 is 1.56. The summed E-state index contributed by atoms with van der Waals surface area (Å²) in [4.78, 5) is 16.6. The molecule has 1 aliphatic rings. The van der Waals surface area contributed by atoms with Crippen LogP contribution in [0.4, 0.5) is 0 Å². The Morgan fingerprint density at radius 2 is 1.96 bits per heavy atom. The van der Waals surface area contributed by atoms with Gasteiger partial charge in [-0.1, -0.05) is 30.3 Å². The summed E-state index contributed by atoms with van der Waals surface area (Å²) in [6, 6.07) is 17.4. The fourth-order valence-electron chi connectivity index (χ4n) is 3.00. The van der Waals surface area contributed by atoms with E-state index < -0.39 is 0 Å². The standard InChI is InChI=1S/C19H16N2O2S/c22-15-6-7-16-14(10-15)8-9-21-17(16)11-18(20-19(21)23)24-12-13-4-2-1-3-5-13/h1-7,10-11,22H,8-9,12H2. The van der Waals surface area contributed by atoms with Crippen LogP contribution >= 0.6 is 11.8 Å². The van der Waals surface area contributed by atoms with E-state index in [0.29, 0.717) is 6.54 Å². The average Bonchev–Trinajstić information content (AvgIpc) is 2.60. The van der Waals surface area contributed by atoms with E-state index in [1.807, 2.05) is 30.3 Å². The van der Waals surface area contributed by atoms with Gasteiger partial charge >= 0.3 is 5.69 Å². The first-order valence-electron chi connectivity index (χ1n) is 7.81. The van der Waals surface area contributed by atoms with Gasteiger partial charge in [0.15, 0.2) is 0 Å². The van der Waals surface area contributed by atoms with Gasteiger partial charge in [0.05, 0.1) is 5.69 Å². The normalized spacial score (nSPS) is 12.5. The number of phenols is 1. The Morgan fingerprint density at radius 1 is 1.12 bits per heavy atom. The number of aryl methyl sites for hydroxylation is 1. The number of aromatic nitrogens is 2. The van der Waals surface area contributed by atoms with Gasteiger partial charge in [0, 0.05) is 17.9 Å². The predicted octanol–water partition coefficient (Wildman–Crippen LogP) is 3.46. The van der Waals surface area contributed by atoms with Crippen molar-refractivity contribution < 1.29 is 5.11 Å². The van der Waals surface area contributed by atoms with Crippen molar-refractivity contribution in [3.8, 4) is 17.0 Å². The van der Waals surface area contributed by atoms with Crippen LogP contribution < -0.4 is 5.69 Å². The molecule has 0 radical (unpaired) electrons. The highest BCUT2D eigenvalue weighted by Crippen LogP contribution is 2.32. The summed E-state index contributed by atoms with van der Waals surface area (Å²) in [7, 11) is 0. The summed E-state index contributed by atoms with van der Waals surface area (Å²) in [5.41, 5.74) is 3.95. The van der Waals surface area contributed by atoms with Crippen LogP contribution in [0.25, 0.3) is 11.3 Å². The molecule has 2 heterocycles. The van der Waals surface area contributed by atoms with E-state index in [2.05, 4.69) is 17.1 Å². The van der Waals surface area contributed by atoms with Gasteiger partial charge in [0.25, 0.3) is 0 Å². The van der Waals surface area contributed by atoms with Crippen molar-refractivity contribution in [1.82, 2.24) is 9.55 Å². The molecule has 0 spiro atoms. The Hall–Kier alpha value is -2.53. The second kappa shape index (κ2) is 6.17. The molecule has 0 aliphatic carbocycles. The minimum absolute atomic E-state index is 0.207. The molecule has 4 rings (SSSR count). The third-order valence-electron chi connectivity index (χ3n) is 4.19. The number of nitrogens with zero attached hydrogens (tertiary/aromatic N) is 2. The molecule has 24 heavy (non-hydrogen) atoms. The fraction of sp³-hybridized carbons (Fsp3) is 0.158. The molecule has 0 bridgehead atoms. The summed E-state index contributed by atoms with van der Waals surface area (Å²) in [6.45, 7) is 0.598. The second-order valence-electron chi connectivity index (χ2n) is 5.78. The van der Waals surface area contributed by atoms with Crippen LogP contribution in [0.5, 0.6) is 5.75 Å². The lowest BCUT2D eigenvalue weighted by Gasteiger charge is -2.21. The number of fused-ring (bicyclic) bond motifs is 3. The van der Waals surface area contributed by atoms with Crippen LogP contribution in [0.1, 0.15) is 11.1 Å². The number of rotatable bonds is 3. The lowest BCUT2D eigenvalue weighted by Crippen LogP contribution is -2.28. The maximum Gasteiger partial charge on any atom is 0.349 e. The number of hydrogen-bond acceptors (Lipinski definition) is 4. The summed E-state index contributed by atoms with van der Waals surface area (Å²) < 4.78 is 1.71. The van der Waals surface area contributed by atoms with Crippen molar-refractivity contribution in [3.05, 3.63) is 76.2 Å². The molecule has 0 unspecified atom stereocenters. The quantitative estimate of drug-likeness (QED) is 0.588. The van der Waals surface area contributed by atoms with Crippen LogP contribution in [-0.2, 0) is 18.7 Å². The first-order chi connectivity index (χ1) is 11.7. The molecule has 0 fully saturated rings. The van der Waals surface area contributed by atoms with Crippen LogP contribution in [-0.4, -0.2) is 14.7 Å². The van der Waals surface area contributed by atoms with Gasteiger partial charge in [-0.25, -0.2) is 4.79 Å². The number of benzene rings is 2. The monoisotopic (exact) mass is 336 g/mol. The highest BCUT2D eigenvalue weighted by atomic mass is 32.2. The SMILES string of the molecule is O=c1nc(SCc2ccccc2)cc2n1CCc1cc(O)ccc1-2. The van der Waals surface area contributed by atoms with Crippen molar-refractivity contribution in [2.24, 2.45) is 0 Å². The lowest BCUT2D eigenvalue weighted by molar-refractivity contribution is 0.474. The molecule has 1 aromatic heterocycles.